The zero-order chi connectivity index (χ0) is 14.5. The normalized spacial score (nSPS) is 15.8. The smallest absolute Gasteiger partial charge is 0.322 e. The highest BCUT2D eigenvalue weighted by Crippen LogP contribution is 2.36. The summed E-state index contributed by atoms with van der Waals surface area (Å²) in [6.07, 6.45) is 2.54. The Balaban J connectivity index is 2.25. The first-order chi connectivity index (χ1) is 9.69. The van der Waals surface area contributed by atoms with Crippen molar-refractivity contribution in [2.24, 2.45) is 5.92 Å². The summed E-state index contributed by atoms with van der Waals surface area (Å²) in [5, 5.41) is 2.94. The van der Waals surface area contributed by atoms with Crippen molar-refractivity contribution < 1.29 is 9.47 Å². The predicted octanol–water partition coefficient (Wildman–Crippen LogP) is 1.17. The van der Waals surface area contributed by atoms with Gasteiger partial charge in [0.2, 0.25) is 11.9 Å². The molecule has 2 rings (SSSR count). The van der Waals surface area contributed by atoms with Gasteiger partial charge < -0.3 is 19.7 Å². The van der Waals surface area contributed by atoms with Crippen molar-refractivity contribution in [3.05, 3.63) is 0 Å². The third kappa shape index (κ3) is 3.47. The second-order valence-corrected chi connectivity index (χ2v) is 4.96. The number of anilines is 2. The maximum atomic E-state index is 5.20. The van der Waals surface area contributed by atoms with E-state index >= 15 is 0 Å². The molecule has 0 aromatic carbocycles. The van der Waals surface area contributed by atoms with E-state index < -0.39 is 0 Å². The fraction of sp³-hybridized carbons (Fsp3) is 0.769. The summed E-state index contributed by atoms with van der Waals surface area (Å²) < 4.78 is 10.3. The third-order valence-electron chi connectivity index (χ3n) is 3.60. The van der Waals surface area contributed by atoms with Crippen LogP contribution in [0.2, 0.25) is 0 Å². The molecule has 7 nitrogen and oxygen atoms in total. The molecule has 1 aromatic rings. The summed E-state index contributed by atoms with van der Waals surface area (Å²) in [6, 6.07) is 0.715. The average molecular weight is 281 g/mol. The minimum atomic E-state index is 0.324. The standard InChI is InChI=1S/C13H23N5O2/c1-9(10-5-6-10)18(7-8-19-3)12-15-11(14-2)16-13(17-12)20-4/h9-10H,5-8H2,1-4H3,(H,14,15,16,17). The van der Waals surface area contributed by atoms with Gasteiger partial charge in [0.1, 0.15) is 0 Å². The molecule has 112 valence electrons. The van der Waals surface area contributed by atoms with E-state index in [1.54, 1.807) is 21.3 Å². The van der Waals surface area contributed by atoms with Crippen molar-refractivity contribution >= 4 is 11.9 Å². The largest absolute Gasteiger partial charge is 0.467 e. The van der Waals surface area contributed by atoms with E-state index in [-0.39, 0.29) is 0 Å². The van der Waals surface area contributed by atoms with Crippen LogP contribution in [0.3, 0.4) is 0 Å². The molecule has 1 fully saturated rings. The van der Waals surface area contributed by atoms with Crippen LogP contribution in [0.25, 0.3) is 0 Å². The topological polar surface area (TPSA) is 72.4 Å². The van der Waals surface area contributed by atoms with Crippen LogP contribution in [0, 0.1) is 5.92 Å². The van der Waals surface area contributed by atoms with Crippen molar-refractivity contribution in [3.63, 3.8) is 0 Å². The first kappa shape index (κ1) is 14.8. The molecule has 1 aromatic heterocycles. The van der Waals surface area contributed by atoms with Crippen LogP contribution in [0.1, 0.15) is 19.8 Å². The number of nitrogens with zero attached hydrogens (tertiary/aromatic N) is 4. The molecule has 1 atom stereocenters. The van der Waals surface area contributed by atoms with Gasteiger partial charge in [-0.05, 0) is 25.7 Å². The molecule has 20 heavy (non-hydrogen) atoms. The monoisotopic (exact) mass is 281 g/mol. The van der Waals surface area contributed by atoms with Crippen LogP contribution >= 0.6 is 0 Å². The molecule has 1 aliphatic carbocycles. The number of hydrogen-bond acceptors (Lipinski definition) is 7. The van der Waals surface area contributed by atoms with Crippen LogP contribution < -0.4 is 15.0 Å². The highest BCUT2D eigenvalue weighted by molar-refractivity contribution is 5.39. The zero-order valence-electron chi connectivity index (χ0n) is 12.6. The highest BCUT2D eigenvalue weighted by Gasteiger charge is 2.33. The van der Waals surface area contributed by atoms with E-state index in [4.69, 9.17) is 9.47 Å². The van der Waals surface area contributed by atoms with Crippen molar-refractivity contribution in [1.82, 2.24) is 15.0 Å². The van der Waals surface area contributed by atoms with Gasteiger partial charge in [0.25, 0.3) is 0 Å². The van der Waals surface area contributed by atoms with E-state index in [0.29, 0.717) is 36.5 Å². The van der Waals surface area contributed by atoms with Crippen molar-refractivity contribution in [2.45, 2.75) is 25.8 Å². The summed E-state index contributed by atoms with van der Waals surface area (Å²) in [5.74, 6) is 1.86. The van der Waals surface area contributed by atoms with Gasteiger partial charge in [-0.25, -0.2) is 0 Å². The molecule has 0 bridgehead atoms. The van der Waals surface area contributed by atoms with Gasteiger partial charge in [-0.1, -0.05) is 0 Å². The number of ether oxygens (including phenoxy) is 2. The summed E-state index contributed by atoms with van der Waals surface area (Å²) in [7, 11) is 5.04. The highest BCUT2D eigenvalue weighted by atomic mass is 16.5. The van der Waals surface area contributed by atoms with Gasteiger partial charge in [0, 0.05) is 26.7 Å². The Kier molecular flexibility index (Phi) is 4.94. The van der Waals surface area contributed by atoms with Gasteiger partial charge in [-0.15, -0.1) is 0 Å². The molecule has 0 saturated heterocycles. The van der Waals surface area contributed by atoms with Gasteiger partial charge in [-0.3, -0.25) is 0 Å². The summed E-state index contributed by atoms with van der Waals surface area (Å²) in [5.41, 5.74) is 0. The molecule has 1 aliphatic rings. The molecular weight excluding hydrogens is 258 g/mol. The third-order valence-corrected chi connectivity index (χ3v) is 3.60. The van der Waals surface area contributed by atoms with Crippen LogP contribution in [0.15, 0.2) is 0 Å². The Bertz CT molecular complexity index is 417. The van der Waals surface area contributed by atoms with Crippen LogP contribution in [-0.4, -0.2) is 55.4 Å². The molecule has 1 heterocycles. The Morgan fingerprint density at radius 3 is 2.60 bits per heavy atom. The molecule has 1 unspecified atom stereocenters. The van der Waals surface area contributed by atoms with Gasteiger partial charge in [0.05, 0.1) is 13.7 Å². The van der Waals surface area contributed by atoms with Crippen LogP contribution in [0.5, 0.6) is 6.01 Å². The predicted molar refractivity (Wildman–Crippen MR) is 77.3 cm³/mol. The maximum Gasteiger partial charge on any atom is 0.322 e. The summed E-state index contributed by atoms with van der Waals surface area (Å²) in [4.78, 5) is 15.1. The van der Waals surface area contributed by atoms with E-state index in [1.165, 1.54) is 12.8 Å². The second-order valence-electron chi connectivity index (χ2n) is 4.96. The Hall–Kier alpha value is -1.63. The Labute approximate surface area is 119 Å². The zero-order valence-corrected chi connectivity index (χ0v) is 12.6. The maximum absolute atomic E-state index is 5.20. The fourth-order valence-electron chi connectivity index (χ4n) is 2.19. The molecular formula is C13H23N5O2. The molecule has 0 spiro atoms. The number of methoxy groups -OCH3 is 2. The number of rotatable bonds is 8. The lowest BCUT2D eigenvalue weighted by atomic mass is 10.2. The molecule has 0 aliphatic heterocycles. The number of aromatic nitrogens is 3. The van der Waals surface area contributed by atoms with Crippen LogP contribution in [-0.2, 0) is 4.74 Å². The molecule has 7 heteroatoms. The van der Waals surface area contributed by atoms with Gasteiger partial charge in [0.15, 0.2) is 0 Å². The van der Waals surface area contributed by atoms with Crippen molar-refractivity contribution in [1.29, 1.82) is 0 Å². The van der Waals surface area contributed by atoms with E-state index in [9.17, 15) is 0 Å². The van der Waals surface area contributed by atoms with Crippen molar-refractivity contribution in [2.75, 3.05) is 44.6 Å². The second kappa shape index (κ2) is 6.69. The minimum Gasteiger partial charge on any atom is -0.467 e. The first-order valence-corrected chi connectivity index (χ1v) is 6.93. The van der Waals surface area contributed by atoms with E-state index in [2.05, 4.69) is 32.1 Å². The lowest BCUT2D eigenvalue weighted by molar-refractivity contribution is 0.202. The molecule has 1 saturated carbocycles. The lowest BCUT2D eigenvalue weighted by Crippen LogP contribution is -2.38. The average Bonchev–Trinajstić information content (AvgIpc) is 3.31. The van der Waals surface area contributed by atoms with Gasteiger partial charge >= 0.3 is 6.01 Å². The minimum absolute atomic E-state index is 0.324. The quantitative estimate of drug-likeness (QED) is 0.767. The Morgan fingerprint density at radius 2 is 2.05 bits per heavy atom. The van der Waals surface area contributed by atoms with Gasteiger partial charge in [-0.2, -0.15) is 15.0 Å². The Morgan fingerprint density at radius 1 is 1.30 bits per heavy atom. The molecule has 1 N–H and O–H groups in total. The summed E-state index contributed by atoms with van der Waals surface area (Å²) >= 11 is 0. The fourth-order valence-corrected chi connectivity index (χ4v) is 2.19. The molecule has 0 amide bonds. The van der Waals surface area contributed by atoms with E-state index in [1.807, 2.05) is 0 Å². The lowest BCUT2D eigenvalue weighted by Gasteiger charge is -2.29. The van der Waals surface area contributed by atoms with E-state index in [0.717, 1.165) is 6.54 Å². The number of nitrogens with one attached hydrogen (secondary N) is 1. The SMILES string of the molecule is CNc1nc(OC)nc(N(CCOC)C(C)C2CC2)n1. The van der Waals surface area contributed by atoms with Crippen molar-refractivity contribution in [3.8, 4) is 6.01 Å². The molecule has 0 radical (unpaired) electrons. The number of hydrogen-bond donors (Lipinski definition) is 1. The first-order valence-electron chi connectivity index (χ1n) is 6.93. The summed E-state index contributed by atoms with van der Waals surface area (Å²) in [6.45, 7) is 3.60. The van der Waals surface area contributed by atoms with Crippen LogP contribution in [0.4, 0.5) is 11.9 Å².